The van der Waals surface area contributed by atoms with Gasteiger partial charge in [-0.25, -0.2) is 9.37 Å². The first-order chi connectivity index (χ1) is 14.6. The smallest absolute Gasteiger partial charge is 0.247 e. The van der Waals surface area contributed by atoms with Crippen LogP contribution in [-0.2, 0) is 16.1 Å². The number of halogens is 1. The molecular weight excluding hydrogens is 403 g/mol. The number of hydrogen-bond acceptors (Lipinski definition) is 6. The standard InChI is InChI=1S/C22H21FN4O2S/c23-16-7-5-15(6-8-16)14-27-20(28)13-18(21(27)29)25-9-11-26(12-10-25)22-24-17-3-1-2-4-19(17)30-22/h1-8,18H,9-14H2. The fourth-order valence-electron chi connectivity index (χ4n) is 4.11. The predicted octanol–water partition coefficient (Wildman–Crippen LogP) is 2.89. The van der Waals surface area contributed by atoms with Gasteiger partial charge in [-0.2, -0.15) is 0 Å². The third-order valence-corrected chi connectivity index (χ3v) is 6.88. The number of nitrogens with zero attached hydrogens (tertiary/aromatic N) is 4. The first-order valence-corrected chi connectivity index (χ1v) is 10.8. The second-order valence-electron chi connectivity index (χ2n) is 7.65. The average Bonchev–Trinajstić information content (AvgIpc) is 3.32. The van der Waals surface area contributed by atoms with Gasteiger partial charge in [-0.05, 0) is 29.8 Å². The van der Waals surface area contributed by atoms with Gasteiger partial charge in [0.2, 0.25) is 11.8 Å². The normalized spacial score (nSPS) is 20.5. The summed E-state index contributed by atoms with van der Waals surface area (Å²) in [5.74, 6) is -0.651. The molecule has 1 aromatic heterocycles. The minimum Gasteiger partial charge on any atom is -0.345 e. The monoisotopic (exact) mass is 424 g/mol. The minimum absolute atomic E-state index is 0.155. The van der Waals surface area contributed by atoms with E-state index in [1.54, 1.807) is 23.5 Å². The molecule has 154 valence electrons. The molecule has 30 heavy (non-hydrogen) atoms. The predicted molar refractivity (Wildman–Crippen MR) is 114 cm³/mol. The van der Waals surface area contributed by atoms with Crippen molar-refractivity contribution >= 4 is 38.5 Å². The van der Waals surface area contributed by atoms with Crippen molar-refractivity contribution in [3.05, 3.63) is 59.9 Å². The van der Waals surface area contributed by atoms with Crippen LogP contribution in [0.4, 0.5) is 9.52 Å². The number of amides is 2. The van der Waals surface area contributed by atoms with Gasteiger partial charge in [-0.15, -0.1) is 0 Å². The number of hydrogen-bond donors (Lipinski definition) is 0. The topological polar surface area (TPSA) is 56.8 Å². The van der Waals surface area contributed by atoms with Crippen LogP contribution >= 0.6 is 11.3 Å². The van der Waals surface area contributed by atoms with Crippen molar-refractivity contribution in [3.63, 3.8) is 0 Å². The lowest BCUT2D eigenvalue weighted by molar-refractivity contribution is -0.140. The highest BCUT2D eigenvalue weighted by Gasteiger charge is 2.42. The van der Waals surface area contributed by atoms with Crippen molar-refractivity contribution < 1.29 is 14.0 Å². The van der Waals surface area contributed by atoms with Crippen LogP contribution in [0, 0.1) is 5.82 Å². The van der Waals surface area contributed by atoms with Gasteiger partial charge in [0.15, 0.2) is 5.13 Å². The van der Waals surface area contributed by atoms with Crippen LogP contribution in [-0.4, -0.2) is 58.8 Å². The lowest BCUT2D eigenvalue weighted by Crippen LogP contribution is -2.52. The molecule has 1 unspecified atom stereocenters. The zero-order chi connectivity index (χ0) is 20.7. The zero-order valence-electron chi connectivity index (χ0n) is 16.3. The summed E-state index contributed by atoms with van der Waals surface area (Å²) in [7, 11) is 0. The van der Waals surface area contributed by atoms with Crippen molar-refractivity contribution in [1.29, 1.82) is 0 Å². The van der Waals surface area contributed by atoms with Gasteiger partial charge in [-0.3, -0.25) is 19.4 Å². The van der Waals surface area contributed by atoms with Crippen LogP contribution in [0.3, 0.4) is 0 Å². The Hall–Kier alpha value is -2.84. The Bertz CT molecular complexity index is 1060. The third-order valence-electron chi connectivity index (χ3n) is 5.78. The average molecular weight is 425 g/mol. The quantitative estimate of drug-likeness (QED) is 0.603. The number of carbonyl (C=O) groups excluding carboxylic acids is 2. The highest BCUT2D eigenvalue weighted by Crippen LogP contribution is 2.30. The minimum atomic E-state index is -0.407. The molecule has 0 N–H and O–H groups in total. The molecule has 2 fully saturated rings. The number of likely N-dealkylation sites (tertiary alicyclic amines) is 1. The van der Waals surface area contributed by atoms with E-state index in [0.717, 1.165) is 29.3 Å². The number of carbonyl (C=O) groups is 2. The summed E-state index contributed by atoms with van der Waals surface area (Å²) in [4.78, 5) is 35.8. The van der Waals surface area contributed by atoms with Crippen LogP contribution < -0.4 is 4.90 Å². The van der Waals surface area contributed by atoms with E-state index in [-0.39, 0.29) is 30.6 Å². The number of para-hydroxylation sites is 1. The van der Waals surface area contributed by atoms with Crippen molar-refractivity contribution in [1.82, 2.24) is 14.8 Å². The third kappa shape index (κ3) is 3.57. The summed E-state index contributed by atoms with van der Waals surface area (Å²) in [5.41, 5.74) is 1.76. The first kappa shape index (κ1) is 19.1. The maximum absolute atomic E-state index is 13.1. The number of piperazine rings is 1. The maximum Gasteiger partial charge on any atom is 0.247 e. The molecule has 0 radical (unpaired) electrons. The number of thiazole rings is 1. The molecule has 3 heterocycles. The molecule has 8 heteroatoms. The van der Waals surface area contributed by atoms with E-state index >= 15 is 0 Å². The molecule has 5 rings (SSSR count). The largest absolute Gasteiger partial charge is 0.345 e. The summed E-state index contributed by atoms with van der Waals surface area (Å²) in [6, 6.07) is 13.6. The van der Waals surface area contributed by atoms with E-state index in [2.05, 4.69) is 15.9 Å². The number of anilines is 1. The number of fused-ring (bicyclic) bond motifs is 1. The fourth-order valence-corrected chi connectivity index (χ4v) is 5.13. The van der Waals surface area contributed by atoms with Gasteiger partial charge in [0.1, 0.15) is 5.82 Å². The highest BCUT2D eigenvalue weighted by molar-refractivity contribution is 7.22. The summed E-state index contributed by atoms with van der Waals surface area (Å²) in [6.07, 6.45) is 0.209. The molecule has 2 aliphatic rings. The summed E-state index contributed by atoms with van der Waals surface area (Å²) >= 11 is 1.68. The van der Waals surface area contributed by atoms with E-state index in [9.17, 15) is 14.0 Å². The second kappa shape index (κ2) is 7.77. The van der Waals surface area contributed by atoms with E-state index < -0.39 is 6.04 Å². The van der Waals surface area contributed by atoms with E-state index in [1.807, 2.05) is 18.2 Å². The Morgan fingerprint density at radius 2 is 1.73 bits per heavy atom. The molecule has 2 aliphatic heterocycles. The Balaban J connectivity index is 1.23. The van der Waals surface area contributed by atoms with Crippen LogP contribution in [0.25, 0.3) is 10.2 Å². The van der Waals surface area contributed by atoms with Crippen LogP contribution in [0.2, 0.25) is 0 Å². The number of imide groups is 1. The van der Waals surface area contributed by atoms with Crippen molar-refractivity contribution in [3.8, 4) is 0 Å². The lowest BCUT2D eigenvalue weighted by atomic mass is 10.2. The van der Waals surface area contributed by atoms with Crippen molar-refractivity contribution in [2.45, 2.75) is 19.0 Å². The first-order valence-electron chi connectivity index (χ1n) is 10.0. The second-order valence-corrected chi connectivity index (χ2v) is 8.66. The number of aromatic nitrogens is 1. The Morgan fingerprint density at radius 3 is 2.47 bits per heavy atom. The van der Waals surface area contributed by atoms with Gasteiger partial charge < -0.3 is 4.90 Å². The molecule has 0 bridgehead atoms. The Morgan fingerprint density at radius 1 is 1.00 bits per heavy atom. The zero-order valence-corrected chi connectivity index (χ0v) is 17.1. The van der Waals surface area contributed by atoms with Gasteiger partial charge in [-0.1, -0.05) is 35.6 Å². The molecular formula is C22H21FN4O2S. The van der Waals surface area contributed by atoms with E-state index in [4.69, 9.17) is 4.98 Å². The highest BCUT2D eigenvalue weighted by atomic mass is 32.1. The lowest BCUT2D eigenvalue weighted by Gasteiger charge is -2.36. The molecule has 6 nitrogen and oxygen atoms in total. The summed E-state index contributed by atoms with van der Waals surface area (Å²) in [5, 5.41) is 1.00. The number of rotatable bonds is 4. The van der Waals surface area contributed by atoms with Crippen LogP contribution in [0.1, 0.15) is 12.0 Å². The maximum atomic E-state index is 13.1. The summed E-state index contributed by atoms with van der Waals surface area (Å²) in [6.45, 7) is 3.17. The van der Waals surface area contributed by atoms with Crippen molar-refractivity contribution in [2.24, 2.45) is 0 Å². The molecule has 2 amide bonds. The molecule has 0 spiro atoms. The fraction of sp³-hybridized carbons (Fsp3) is 0.318. The Labute approximate surface area is 177 Å². The van der Waals surface area contributed by atoms with Crippen LogP contribution in [0.15, 0.2) is 48.5 Å². The Kier molecular flexibility index (Phi) is 4.96. The molecule has 2 aromatic carbocycles. The van der Waals surface area contributed by atoms with Gasteiger partial charge >= 0.3 is 0 Å². The van der Waals surface area contributed by atoms with Gasteiger partial charge in [0.25, 0.3) is 0 Å². The molecule has 0 aliphatic carbocycles. The number of benzene rings is 2. The molecule has 2 saturated heterocycles. The molecule has 1 atom stereocenters. The summed E-state index contributed by atoms with van der Waals surface area (Å²) < 4.78 is 14.3. The van der Waals surface area contributed by atoms with E-state index in [1.165, 1.54) is 21.7 Å². The molecule has 0 saturated carbocycles. The van der Waals surface area contributed by atoms with Gasteiger partial charge in [0, 0.05) is 26.2 Å². The molecule has 3 aromatic rings. The SMILES string of the molecule is O=C1CC(N2CCN(c3nc4ccccc4s3)CC2)C(=O)N1Cc1ccc(F)cc1. The van der Waals surface area contributed by atoms with E-state index in [0.29, 0.717) is 13.1 Å². The van der Waals surface area contributed by atoms with Crippen molar-refractivity contribution in [2.75, 3.05) is 31.1 Å². The van der Waals surface area contributed by atoms with Crippen LogP contribution in [0.5, 0.6) is 0 Å². The van der Waals surface area contributed by atoms with Gasteiger partial charge in [0.05, 0.1) is 29.2 Å².